The second kappa shape index (κ2) is 18.0. The van der Waals surface area contributed by atoms with Crippen molar-refractivity contribution in [1.29, 1.82) is 0 Å². The number of rotatable bonds is 19. The number of hydrogen-bond donors (Lipinski definition) is 7. The van der Waals surface area contributed by atoms with Crippen LogP contribution in [0.3, 0.4) is 0 Å². The quantitative estimate of drug-likeness (QED) is 0.0865. The summed E-state index contributed by atoms with van der Waals surface area (Å²) in [5.41, 5.74) is 12.9. The molecule has 0 bridgehead atoms. The number of carboxylic acid groups (broad SMARTS) is 1. The van der Waals surface area contributed by atoms with Crippen LogP contribution in [0.15, 0.2) is 60.8 Å². The van der Waals surface area contributed by atoms with Crippen LogP contribution in [-0.4, -0.2) is 87.6 Å². The molecule has 49 heavy (non-hydrogen) atoms. The van der Waals surface area contributed by atoms with Crippen molar-refractivity contribution in [3.8, 4) is 0 Å². The summed E-state index contributed by atoms with van der Waals surface area (Å²) >= 11 is 0. The summed E-state index contributed by atoms with van der Waals surface area (Å²) < 4.78 is 0. The fourth-order valence-corrected chi connectivity index (χ4v) is 5.42. The Morgan fingerprint density at radius 1 is 0.837 bits per heavy atom. The third-order valence-corrected chi connectivity index (χ3v) is 7.97. The molecule has 0 unspecified atom stereocenters. The Balaban J connectivity index is 1.86. The summed E-state index contributed by atoms with van der Waals surface area (Å²) in [4.78, 5) is 93.3. The molecular formula is C34H43N7O8. The van der Waals surface area contributed by atoms with Gasteiger partial charge in [0.15, 0.2) is 0 Å². The minimum atomic E-state index is -1.62. The summed E-state index contributed by atoms with van der Waals surface area (Å²) in [7, 11) is 1.36. The van der Waals surface area contributed by atoms with Crippen molar-refractivity contribution in [2.24, 2.45) is 11.5 Å². The highest BCUT2D eigenvalue weighted by Gasteiger charge is 2.35. The van der Waals surface area contributed by atoms with Gasteiger partial charge in [0.25, 0.3) is 0 Å². The zero-order chi connectivity index (χ0) is 36.1. The summed E-state index contributed by atoms with van der Waals surface area (Å²) in [6, 6.07) is 10.8. The number of benzene rings is 2. The summed E-state index contributed by atoms with van der Waals surface area (Å²) in [5, 5.41) is 17.8. The van der Waals surface area contributed by atoms with Crippen molar-refractivity contribution in [3.63, 3.8) is 0 Å². The zero-order valence-corrected chi connectivity index (χ0v) is 27.4. The largest absolute Gasteiger partial charge is 0.481 e. The molecule has 0 saturated carbocycles. The van der Waals surface area contributed by atoms with Crippen molar-refractivity contribution in [2.45, 2.75) is 76.0 Å². The van der Waals surface area contributed by atoms with E-state index in [-0.39, 0.29) is 19.3 Å². The number of fused-ring (bicyclic) bond motifs is 1. The molecule has 15 heteroatoms. The van der Waals surface area contributed by atoms with Gasteiger partial charge in [-0.15, -0.1) is 0 Å². The SMILES string of the molecule is CCCC[C@@H](C(=O)N[C@@H](CC(=O)O)C(=O)N[C@@H](Cc1ccccc1)C(N)=O)N(C)C(=O)[C@H](Cc1c[nH]c2ccccc12)NC(=O)CC(N)=O. The number of aliphatic carboxylic acids is 1. The van der Waals surface area contributed by atoms with E-state index in [1.54, 1.807) is 36.5 Å². The van der Waals surface area contributed by atoms with Crippen molar-refractivity contribution in [1.82, 2.24) is 25.8 Å². The number of nitrogens with two attached hydrogens (primary N) is 2. The number of likely N-dealkylation sites (N-methyl/N-ethyl adjacent to an activating group) is 1. The van der Waals surface area contributed by atoms with E-state index >= 15 is 0 Å². The fraction of sp³-hybridized carbons (Fsp3) is 0.382. The average molecular weight is 678 g/mol. The van der Waals surface area contributed by atoms with Crippen LogP contribution in [0.25, 0.3) is 10.9 Å². The van der Waals surface area contributed by atoms with Crippen molar-refractivity contribution < 1.29 is 38.7 Å². The first-order chi connectivity index (χ1) is 23.3. The Kier molecular flexibility index (Phi) is 13.8. The Bertz CT molecular complexity index is 1660. The molecule has 1 heterocycles. The van der Waals surface area contributed by atoms with Gasteiger partial charge >= 0.3 is 5.97 Å². The highest BCUT2D eigenvalue weighted by Crippen LogP contribution is 2.20. The van der Waals surface area contributed by atoms with Crippen LogP contribution >= 0.6 is 0 Å². The van der Waals surface area contributed by atoms with Gasteiger partial charge in [-0.3, -0.25) is 33.6 Å². The average Bonchev–Trinajstić information content (AvgIpc) is 3.46. The molecule has 0 spiro atoms. The number of nitrogens with one attached hydrogen (secondary N) is 4. The number of unbranched alkanes of at least 4 members (excludes halogenated alkanes) is 1. The van der Waals surface area contributed by atoms with Crippen molar-refractivity contribution in [3.05, 3.63) is 71.9 Å². The topological polar surface area (TPSA) is 247 Å². The molecule has 3 rings (SSSR count). The van der Waals surface area contributed by atoms with Crippen molar-refractivity contribution in [2.75, 3.05) is 7.05 Å². The number of amides is 6. The molecule has 0 saturated heterocycles. The van der Waals surface area contributed by atoms with Gasteiger partial charge in [-0.25, -0.2) is 0 Å². The lowest BCUT2D eigenvalue weighted by Crippen LogP contribution is -2.59. The summed E-state index contributed by atoms with van der Waals surface area (Å²) in [6.45, 7) is 1.87. The first-order valence-corrected chi connectivity index (χ1v) is 15.9. The lowest BCUT2D eigenvalue weighted by molar-refractivity contribution is -0.144. The predicted octanol–water partition coefficient (Wildman–Crippen LogP) is 0.260. The molecule has 0 fully saturated rings. The van der Waals surface area contributed by atoms with Gasteiger partial charge in [0.2, 0.25) is 35.4 Å². The van der Waals surface area contributed by atoms with Crippen LogP contribution in [-0.2, 0) is 46.4 Å². The lowest BCUT2D eigenvalue weighted by atomic mass is 10.0. The molecule has 6 amide bonds. The molecular weight excluding hydrogens is 634 g/mol. The van der Waals surface area contributed by atoms with Crippen molar-refractivity contribution >= 4 is 52.3 Å². The predicted molar refractivity (Wildman–Crippen MR) is 179 cm³/mol. The number of hydrogen-bond acceptors (Lipinski definition) is 7. The molecule has 3 aromatic rings. The van der Waals surface area contributed by atoms with Gasteiger partial charge in [0, 0.05) is 37.0 Å². The van der Waals surface area contributed by atoms with Gasteiger partial charge < -0.3 is 42.4 Å². The van der Waals surface area contributed by atoms with Crippen LogP contribution in [0.1, 0.15) is 50.2 Å². The highest BCUT2D eigenvalue weighted by atomic mass is 16.4. The number of para-hydroxylation sites is 1. The standard InChI is InChI=1S/C34H43N7O8/c1-3-4-14-27(33(48)40-25(17-30(44)45)32(47)39-24(31(36)46)15-20-10-6-5-7-11-20)41(2)34(49)26(38-29(43)18-28(35)42)16-21-19-37-23-13-9-8-12-22(21)23/h5-13,19,24-27,37H,3-4,14-18H2,1-2H3,(H2,35,42)(H2,36,46)(H,38,43)(H,39,47)(H,40,48)(H,44,45)/t24-,25-,26-,27-/m0/s1. The number of H-pyrrole nitrogens is 1. The van der Waals surface area contributed by atoms with Crippen LogP contribution < -0.4 is 27.4 Å². The van der Waals surface area contributed by atoms with Gasteiger partial charge in [0.1, 0.15) is 30.6 Å². The second-order valence-corrected chi connectivity index (χ2v) is 11.7. The van der Waals surface area contributed by atoms with Gasteiger partial charge in [-0.1, -0.05) is 68.3 Å². The number of nitrogens with zero attached hydrogens (tertiary/aromatic N) is 1. The van der Waals surface area contributed by atoms with Crippen LogP contribution in [0.4, 0.5) is 0 Å². The number of aromatic amines is 1. The number of carbonyl (C=O) groups is 7. The number of primary amides is 2. The molecule has 15 nitrogen and oxygen atoms in total. The van der Waals surface area contributed by atoms with Gasteiger partial charge in [0.05, 0.1) is 6.42 Å². The van der Waals surface area contributed by atoms with E-state index < -0.39 is 78.4 Å². The monoisotopic (exact) mass is 677 g/mol. The summed E-state index contributed by atoms with van der Waals surface area (Å²) in [5.74, 6) is -6.38. The molecule has 4 atom stereocenters. The molecule has 1 aromatic heterocycles. The molecule has 2 aromatic carbocycles. The first-order valence-electron chi connectivity index (χ1n) is 15.9. The third-order valence-electron chi connectivity index (χ3n) is 7.97. The maximum Gasteiger partial charge on any atom is 0.305 e. The van der Waals surface area contributed by atoms with E-state index in [4.69, 9.17) is 11.5 Å². The highest BCUT2D eigenvalue weighted by molar-refractivity contribution is 6.00. The van der Waals surface area contributed by atoms with E-state index in [0.29, 0.717) is 24.0 Å². The van der Waals surface area contributed by atoms with E-state index in [0.717, 1.165) is 15.8 Å². The van der Waals surface area contributed by atoms with E-state index in [2.05, 4.69) is 20.9 Å². The minimum Gasteiger partial charge on any atom is -0.481 e. The Morgan fingerprint density at radius 2 is 1.49 bits per heavy atom. The number of carbonyl (C=O) groups excluding carboxylic acids is 6. The number of aromatic nitrogens is 1. The maximum absolute atomic E-state index is 14.0. The molecule has 0 aliphatic rings. The van der Waals surface area contributed by atoms with Gasteiger partial charge in [-0.05, 0) is 23.6 Å². The van der Waals surface area contributed by atoms with Crippen LogP contribution in [0.2, 0.25) is 0 Å². The third kappa shape index (κ3) is 11.2. The van der Waals surface area contributed by atoms with E-state index in [1.807, 2.05) is 31.2 Å². The Hall–Kier alpha value is -5.73. The smallest absolute Gasteiger partial charge is 0.305 e. The molecule has 0 aliphatic carbocycles. The molecule has 262 valence electrons. The van der Waals surface area contributed by atoms with Crippen LogP contribution in [0, 0.1) is 0 Å². The minimum absolute atomic E-state index is 0.000228. The number of carboxylic acids is 1. The Morgan fingerprint density at radius 3 is 2.12 bits per heavy atom. The maximum atomic E-state index is 14.0. The molecule has 0 aliphatic heterocycles. The zero-order valence-electron chi connectivity index (χ0n) is 27.4. The Labute approximate surface area is 283 Å². The molecule has 0 radical (unpaired) electrons. The first kappa shape index (κ1) is 37.7. The second-order valence-electron chi connectivity index (χ2n) is 11.7. The van der Waals surface area contributed by atoms with Gasteiger partial charge in [-0.2, -0.15) is 0 Å². The van der Waals surface area contributed by atoms with E-state index in [1.165, 1.54) is 7.05 Å². The molecule has 9 N–H and O–H groups in total. The lowest BCUT2D eigenvalue weighted by Gasteiger charge is -2.32. The fourth-order valence-electron chi connectivity index (χ4n) is 5.42. The van der Waals surface area contributed by atoms with E-state index in [9.17, 15) is 38.7 Å². The normalized spacial score (nSPS) is 13.3. The summed E-state index contributed by atoms with van der Waals surface area (Å²) in [6.07, 6.45) is 1.50. The van der Waals surface area contributed by atoms with Crippen LogP contribution in [0.5, 0.6) is 0 Å².